The molecule has 0 bridgehead atoms. The molecule has 0 saturated heterocycles. The summed E-state index contributed by atoms with van der Waals surface area (Å²) in [5, 5.41) is 7.31. The van der Waals surface area contributed by atoms with Crippen LogP contribution in [0, 0.1) is 6.92 Å². The van der Waals surface area contributed by atoms with Crippen LogP contribution < -0.4 is 10.6 Å². The number of hydrogen-bond acceptors (Lipinski definition) is 3. The van der Waals surface area contributed by atoms with Gasteiger partial charge >= 0.3 is 0 Å². The maximum atomic E-state index is 14.3. The number of benzene rings is 2. The molecule has 0 amide bonds. The van der Waals surface area contributed by atoms with Gasteiger partial charge in [-0.25, -0.2) is 9.37 Å². The van der Waals surface area contributed by atoms with Gasteiger partial charge < -0.3 is 10.6 Å². The van der Waals surface area contributed by atoms with Crippen molar-refractivity contribution in [1.29, 1.82) is 0 Å². The average Bonchev–Trinajstić information content (AvgIpc) is 2.97. The van der Waals surface area contributed by atoms with Crippen LogP contribution in [0.4, 0.5) is 9.52 Å². The first-order valence-corrected chi connectivity index (χ1v) is 8.94. The normalized spacial score (nSPS) is 12.1. The fourth-order valence-corrected chi connectivity index (χ4v) is 3.75. The average molecular weight is 380 g/mol. The van der Waals surface area contributed by atoms with Crippen molar-refractivity contribution >= 4 is 55.6 Å². The quantitative estimate of drug-likeness (QED) is 0.606. The van der Waals surface area contributed by atoms with Crippen molar-refractivity contribution in [3.8, 4) is 0 Å². The number of rotatable bonds is 4. The molecule has 3 aromatic rings. The highest BCUT2D eigenvalue weighted by Gasteiger charge is 2.14. The van der Waals surface area contributed by atoms with E-state index in [1.54, 1.807) is 24.3 Å². The SMILES string of the molecule is Cc1cccc2sc(NC(=S)NCC(F)c3ccccc3Cl)nc12. The fourth-order valence-electron chi connectivity index (χ4n) is 2.30. The van der Waals surface area contributed by atoms with Crippen LogP contribution in [0.5, 0.6) is 0 Å². The van der Waals surface area contributed by atoms with Gasteiger partial charge in [0.1, 0.15) is 6.17 Å². The van der Waals surface area contributed by atoms with E-state index in [-0.39, 0.29) is 6.54 Å². The van der Waals surface area contributed by atoms with Crippen molar-refractivity contribution in [1.82, 2.24) is 10.3 Å². The predicted octanol–water partition coefficient (Wildman–Crippen LogP) is 5.26. The second-order valence-electron chi connectivity index (χ2n) is 5.26. The van der Waals surface area contributed by atoms with Gasteiger partial charge in [0.25, 0.3) is 0 Å². The summed E-state index contributed by atoms with van der Waals surface area (Å²) < 4.78 is 15.4. The molecule has 1 unspecified atom stereocenters. The monoisotopic (exact) mass is 379 g/mol. The van der Waals surface area contributed by atoms with Gasteiger partial charge in [0.2, 0.25) is 0 Å². The van der Waals surface area contributed by atoms with Crippen molar-refractivity contribution in [2.75, 3.05) is 11.9 Å². The lowest BCUT2D eigenvalue weighted by molar-refractivity contribution is 0.343. The Morgan fingerprint density at radius 1 is 1.29 bits per heavy atom. The molecule has 3 nitrogen and oxygen atoms in total. The van der Waals surface area contributed by atoms with E-state index in [0.717, 1.165) is 15.8 Å². The molecule has 2 aromatic carbocycles. The summed E-state index contributed by atoms with van der Waals surface area (Å²) in [5.74, 6) is 0. The molecule has 0 fully saturated rings. The van der Waals surface area contributed by atoms with E-state index in [2.05, 4.69) is 15.6 Å². The molecule has 124 valence electrons. The number of anilines is 1. The molecule has 0 aliphatic rings. The largest absolute Gasteiger partial charge is 0.359 e. The smallest absolute Gasteiger partial charge is 0.190 e. The Balaban J connectivity index is 1.61. The van der Waals surface area contributed by atoms with Crippen LogP contribution in [0.2, 0.25) is 5.02 Å². The molecule has 0 aliphatic heterocycles. The third kappa shape index (κ3) is 3.83. The third-order valence-electron chi connectivity index (χ3n) is 3.53. The van der Waals surface area contributed by atoms with Crippen LogP contribution in [0.25, 0.3) is 10.2 Å². The minimum absolute atomic E-state index is 0.0412. The first kappa shape index (κ1) is 17.1. The summed E-state index contributed by atoms with van der Waals surface area (Å²) in [4.78, 5) is 4.52. The number of halogens is 2. The van der Waals surface area contributed by atoms with Crippen molar-refractivity contribution in [3.63, 3.8) is 0 Å². The summed E-state index contributed by atoms with van der Waals surface area (Å²) in [7, 11) is 0. The van der Waals surface area contributed by atoms with Gasteiger partial charge in [0, 0.05) is 10.6 Å². The van der Waals surface area contributed by atoms with E-state index in [4.69, 9.17) is 23.8 Å². The Morgan fingerprint density at radius 3 is 2.83 bits per heavy atom. The Labute approximate surface area is 153 Å². The maximum absolute atomic E-state index is 14.3. The van der Waals surface area contributed by atoms with Crippen LogP contribution in [0.15, 0.2) is 42.5 Å². The number of thiocarbonyl (C=S) groups is 1. The van der Waals surface area contributed by atoms with Gasteiger partial charge in [-0.15, -0.1) is 0 Å². The van der Waals surface area contributed by atoms with E-state index in [1.165, 1.54) is 11.3 Å². The lowest BCUT2D eigenvalue weighted by Gasteiger charge is -2.13. The molecule has 1 atom stereocenters. The minimum Gasteiger partial charge on any atom is -0.359 e. The number of nitrogens with one attached hydrogen (secondary N) is 2. The van der Waals surface area contributed by atoms with Crippen molar-refractivity contribution in [3.05, 3.63) is 58.6 Å². The van der Waals surface area contributed by atoms with Gasteiger partial charge in [0.15, 0.2) is 10.2 Å². The van der Waals surface area contributed by atoms with Crippen molar-refractivity contribution in [2.45, 2.75) is 13.1 Å². The zero-order valence-corrected chi connectivity index (χ0v) is 15.2. The topological polar surface area (TPSA) is 37.0 Å². The molecule has 1 aromatic heterocycles. The van der Waals surface area contributed by atoms with Gasteiger partial charge in [0.05, 0.1) is 16.8 Å². The number of alkyl halides is 1. The minimum atomic E-state index is -1.24. The number of aromatic nitrogens is 1. The molecular formula is C17H15ClFN3S2. The molecule has 0 saturated carbocycles. The van der Waals surface area contributed by atoms with E-state index in [1.807, 2.05) is 25.1 Å². The number of para-hydroxylation sites is 1. The Morgan fingerprint density at radius 2 is 2.08 bits per heavy atom. The number of aryl methyl sites for hydroxylation is 1. The lowest BCUT2D eigenvalue weighted by Crippen LogP contribution is -2.31. The highest BCUT2D eigenvalue weighted by molar-refractivity contribution is 7.80. The molecule has 1 heterocycles. The standard InChI is InChI=1S/C17H15ClFN3S2/c1-10-5-4-8-14-15(10)21-17(24-14)22-16(23)20-9-13(19)11-6-2-3-7-12(11)18/h2-8,13H,9H2,1H3,(H2,20,21,22,23). The molecule has 24 heavy (non-hydrogen) atoms. The maximum Gasteiger partial charge on any atom is 0.190 e. The van der Waals surface area contributed by atoms with E-state index in [9.17, 15) is 4.39 Å². The molecule has 3 rings (SSSR count). The van der Waals surface area contributed by atoms with Crippen LogP contribution in [-0.4, -0.2) is 16.6 Å². The number of hydrogen-bond donors (Lipinski definition) is 2. The van der Waals surface area contributed by atoms with E-state index in [0.29, 0.717) is 20.8 Å². The second kappa shape index (κ2) is 7.42. The summed E-state index contributed by atoms with van der Waals surface area (Å²) in [5.41, 5.74) is 2.51. The first-order chi connectivity index (χ1) is 11.5. The van der Waals surface area contributed by atoms with Crippen LogP contribution in [-0.2, 0) is 0 Å². The number of thiazole rings is 1. The fraction of sp³-hybridized carbons (Fsp3) is 0.176. The molecular weight excluding hydrogens is 365 g/mol. The second-order valence-corrected chi connectivity index (χ2v) is 7.11. The summed E-state index contributed by atoms with van der Waals surface area (Å²) in [6, 6.07) is 12.9. The zero-order valence-electron chi connectivity index (χ0n) is 12.8. The van der Waals surface area contributed by atoms with Crippen LogP contribution in [0.1, 0.15) is 17.3 Å². The Bertz CT molecular complexity index is 881. The predicted molar refractivity (Wildman–Crippen MR) is 104 cm³/mol. The van der Waals surface area contributed by atoms with Gasteiger partial charge in [-0.3, -0.25) is 0 Å². The Kier molecular flexibility index (Phi) is 5.28. The van der Waals surface area contributed by atoms with Gasteiger partial charge in [-0.2, -0.15) is 0 Å². The molecule has 2 N–H and O–H groups in total. The van der Waals surface area contributed by atoms with Crippen molar-refractivity contribution in [2.24, 2.45) is 0 Å². The molecule has 0 spiro atoms. The Hall–Kier alpha value is -1.76. The van der Waals surface area contributed by atoms with Crippen LogP contribution >= 0.6 is 35.2 Å². The molecule has 0 radical (unpaired) electrons. The summed E-state index contributed by atoms with van der Waals surface area (Å²) in [6.45, 7) is 2.05. The zero-order chi connectivity index (χ0) is 17.1. The first-order valence-electron chi connectivity index (χ1n) is 7.34. The van der Waals surface area contributed by atoms with Gasteiger partial charge in [-0.05, 0) is 36.8 Å². The van der Waals surface area contributed by atoms with E-state index >= 15 is 0 Å². The third-order valence-corrected chi connectivity index (χ3v) is 5.05. The highest BCUT2D eigenvalue weighted by atomic mass is 35.5. The summed E-state index contributed by atoms with van der Waals surface area (Å²) in [6.07, 6.45) is -1.24. The molecule has 7 heteroatoms. The summed E-state index contributed by atoms with van der Waals surface area (Å²) >= 11 is 12.7. The number of nitrogens with zero attached hydrogens (tertiary/aromatic N) is 1. The van der Waals surface area contributed by atoms with Crippen LogP contribution in [0.3, 0.4) is 0 Å². The lowest BCUT2D eigenvalue weighted by atomic mass is 10.1. The molecule has 0 aliphatic carbocycles. The number of fused-ring (bicyclic) bond motifs is 1. The van der Waals surface area contributed by atoms with Crippen molar-refractivity contribution < 1.29 is 4.39 Å². The van der Waals surface area contributed by atoms with E-state index < -0.39 is 6.17 Å². The highest BCUT2D eigenvalue weighted by Crippen LogP contribution is 2.28. The van der Waals surface area contributed by atoms with Gasteiger partial charge in [-0.1, -0.05) is 53.3 Å².